The fourth-order valence-corrected chi connectivity index (χ4v) is 2.64. The SMILES string of the molecule is CCCCCCCCCCCCCCCCCC(=O)[O-].[Ca+2].[Ca+2].[O-][Si]([O-])([O-])O. The number of carboxylic acids is 1. The van der Waals surface area contributed by atoms with Crippen LogP contribution in [0.2, 0.25) is 0 Å². The third-order valence-corrected chi connectivity index (χ3v) is 3.98. The van der Waals surface area contributed by atoms with Crippen molar-refractivity contribution in [3.8, 4) is 0 Å². The van der Waals surface area contributed by atoms with Crippen molar-refractivity contribution in [1.82, 2.24) is 0 Å². The summed E-state index contributed by atoms with van der Waals surface area (Å²) in [4.78, 5) is 43.3. The van der Waals surface area contributed by atoms with Gasteiger partial charge in [0, 0.05) is 5.97 Å². The number of rotatable bonds is 16. The van der Waals surface area contributed by atoms with Crippen LogP contribution in [0.5, 0.6) is 0 Å². The van der Waals surface area contributed by atoms with Crippen LogP contribution in [0.4, 0.5) is 0 Å². The number of carbonyl (C=O) groups is 1. The van der Waals surface area contributed by atoms with E-state index in [1.54, 1.807) is 0 Å². The normalized spacial score (nSPS) is 10.3. The summed E-state index contributed by atoms with van der Waals surface area (Å²) in [6, 6.07) is 0. The van der Waals surface area contributed by atoms with Crippen LogP contribution in [-0.2, 0) is 4.79 Å². The molecule has 0 saturated carbocycles. The third kappa shape index (κ3) is 52.5. The van der Waals surface area contributed by atoms with E-state index in [1.807, 2.05) is 0 Å². The molecule has 0 radical (unpaired) electrons. The van der Waals surface area contributed by atoms with Crippen molar-refractivity contribution >= 4 is 90.5 Å². The molecule has 0 rings (SSSR count). The molecule has 0 atom stereocenters. The number of aliphatic carboxylic acids is 1. The van der Waals surface area contributed by atoms with E-state index in [2.05, 4.69) is 6.92 Å². The van der Waals surface area contributed by atoms with Crippen LogP contribution in [-0.4, -0.2) is 95.3 Å². The van der Waals surface area contributed by atoms with Gasteiger partial charge in [-0.2, -0.15) is 0 Å². The summed E-state index contributed by atoms with van der Waals surface area (Å²) in [7, 11) is -5.36. The number of hydrogen-bond acceptors (Lipinski definition) is 6. The van der Waals surface area contributed by atoms with Gasteiger partial charge in [0.15, 0.2) is 0 Å². The second kappa shape index (κ2) is 28.0. The zero-order valence-corrected chi connectivity index (χ0v) is 22.6. The summed E-state index contributed by atoms with van der Waals surface area (Å²) in [5.74, 6) is -0.903. The molecule has 0 aliphatic heterocycles. The van der Waals surface area contributed by atoms with Gasteiger partial charge in [-0.3, -0.25) is 0 Å². The van der Waals surface area contributed by atoms with Crippen molar-refractivity contribution in [2.75, 3.05) is 0 Å². The molecule has 0 amide bonds. The van der Waals surface area contributed by atoms with E-state index in [9.17, 15) is 9.90 Å². The maximum absolute atomic E-state index is 10.2. The van der Waals surface area contributed by atoms with Gasteiger partial charge in [-0.25, -0.2) is 0 Å². The van der Waals surface area contributed by atoms with Crippen LogP contribution in [0, 0.1) is 0 Å². The first-order valence-electron chi connectivity index (χ1n) is 9.80. The van der Waals surface area contributed by atoms with Crippen LogP contribution in [0.1, 0.15) is 110 Å². The Hall–Kier alpha value is 2.05. The van der Waals surface area contributed by atoms with Gasteiger partial charge in [-0.15, -0.1) is 9.05 Å². The van der Waals surface area contributed by atoms with Gasteiger partial charge in [-0.05, 0) is 12.8 Å². The Morgan fingerprint density at radius 2 is 0.889 bits per heavy atom. The summed E-state index contributed by atoms with van der Waals surface area (Å²) < 4.78 is 0. The summed E-state index contributed by atoms with van der Waals surface area (Å²) in [6.45, 7) is 2.27. The van der Waals surface area contributed by atoms with Crippen LogP contribution < -0.4 is 19.5 Å². The van der Waals surface area contributed by atoms with Crippen molar-refractivity contribution in [3.63, 3.8) is 0 Å². The molecule has 0 aliphatic rings. The average Bonchev–Trinajstić information content (AvgIpc) is 2.49. The van der Waals surface area contributed by atoms with Crippen LogP contribution in [0.15, 0.2) is 0 Å². The standard InChI is InChI=1S/C18H36O2.2Ca.HO4Si/c1-2-3-4-5-6-7-8-9-10-11-12-13-14-15-16-17-18(19)20;;;1-5(2,3)4/h2-17H2,1H3,(H,19,20);;;1H/q;2*+2;-3/p-1. The molecule has 0 saturated heterocycles. The molecule has 152 valence electrons. The van der Waals surface area contributed by atoms with E-state index in [1.165, 1.54) is 83.5 Å². The molecule has 0 heterocycles. The predicted octanol–water partition coefficient (Wildman–Crippen LogP) is -0.269. The predicted molar refractivity (Wildman–Crippen MR) is 104 cm³/mol. The molecule has 9 heteroatoms. The molecule has 1 N–H and O–H groups in total. The maximum Gasteiger partial charge on any atom is 2.00 e. The topological polar surface area (TPSA) is 130 Å². The fraction of sp³-hybridized carbons (Fsp3) is 0.944. The van der Waals surface area contributed by atoms with Crippen LogP contribution >= 0.6 is 0 Å². The van der Waals surface area contributed by atoms with E-state index in [4.69, 9.17) is 19.2 Å². The summed E-state index contributed by atoms with van der Waals surface area (Å²) >= 11 is 0. The first kappa shape index (κ1) is 36.4. The largest absolute Gasteiger partial charge is 2.00 e. The first-order chi connectivity index (χ1) is 11.8. The number of carbonyl (C=O) groups excluding carboxylic acids is 1. The molecular formula is C18H36Ca2O6Si. The Bertz CT molecular complexity index is 286. The van der Waals surface area contributed by atoms with E-state index in [0.717, 1.165) is 12.8 Å². The Labute approximate surface area is 226 Å². The molecule has 0 aromatic carbocycles. The summed E-state index contributed by atoms with van der Waals surface area (Å²) in [5, 5.41) is 10.2. The molecule has 0 fully saturated rings. The minimum absolute atomic E-state index is 0. The average molecular weight is 457 g/mol. The zero-order chi connectivity index (χ0) is 19.4. The second-order valence-electron chi connectivity index (χ2n) is 6.60. The molecule has 0 aromatic heterocycles. The van der Waals surface area contributed by atoms with E-state index in [-0.39, 0.29) is 81.9 Å². The quantitative estimate of drug-likeness (QED) is 0.251. The molecule has 0 spiro atoms. The summed E-state index contributed by atoms with van der Waals surface area (Å²) in [5.41, 5.74) is 0. The van der Waals surface area contributed by atoms with E-state index >= 15 is 0 Å². The minimum Gasteiger partial charge on any atom is -0.861 e. The molecule has 0 unspecified atom stereocenters. The Balaban J connectivity index is -0.000000333. The minimum atomic E-state index is -5.36. The second-order valence-corrected chi connectivity index (χ2v) is 7.64. The van der Waals surface area contributed by atoms with Gasteiger partial charge < -0.3 is 29.1 Å². The molecule has 0 aliphatic carbocycles. The number of unbranched alkanes of at least 4 members (excludes halogenated alkanes) is 14. The zero-order valence-electron chi connectivity index (χ0n) is 17.2. The smallest absolute Gasteiger partial charge is 0.861 e. The molecule has 0 aromatic rings. The van der Waals surface area contributed by atoms with E-state index < -0.39 is 15.0 Å². The number of carboxylic acid groups (broad SMARTS) is 1. The van der Waals surface area contributed by atoms with Crippen molar-refractivity contribution in [3.05, 3.63) is 0 Å². The molecule has 6 nitrogen and oxygen atoms in total. The van der Waals surface area contributed by atoms with Crippen molar-refractivity contribution < 1.29 is 29.1 Å². The van der Waals surface area contributed by atoms with Gasteiger partial charge in [0.1, 0.15) is 0 Å². The monoisotopic (exact) mass is 456 g/mol. The fourth-order valence-electron chi connectivity index (χ4n) is 2.64. The Kier molecular flexibility index (Phi) is 37.8. The summed E-state index contributed by atoms with van der Waals surface area (Å²) in [6.07, 6.45) is 19.9. The van der Waals surface area contributed by atoms with Crippen LogP contribution in [0.3, 0.4) is 0 Å². The maximum atomic E-state index is 10.2. The van der Waals surface area contributed by atoms with Crippen molar-refractivity contribution in [2.45, 2.75) is 110 Å². The molecule has 27 heavy (non-hydrogen) atoms. The van der Waals surface area contributed by atoms with Gasteiger partial charge in [0.2, 0.25) is 0 Å². The Morgan fingerprint density at radius 3 is 1.11 bits per heavy atom. The van der Waals surface area contributed by atoms with Gasteiger partial charge in [0.05, 0.1) is 0 Å². The Morgan fingerprint density at radius 1 is 0.667 bits per heavy atom. The van der Waals surface area contributed by atoms with Gasteiger partial charge >= 0.3 is 75.5 Å². The van der Waals surface area contributed by atoms with Crippen molar-refractivity contribution in [2.24, 2.45) is 0 Å². The van der Waals surface area contributed by atoms with Gasteiger partial charge in [-0.1, -0.05) is 96.8 Å². The van der Waals surface area contributed by atoms with E-state index in [0.29, 0.717) is 0 Å². The third-order valence-electron chi connectivity index (χ3n) is 3.98. The molecular weight excluding hydrogens is 420 g/mol. The molecule has 0 bridgehead atoms. The van der Waals surface area contributed by atoms with Crippen LogP contribution in [0.25, 0.3) is 0 Å². The number of hydrogen-bond donors (Lipinski definition) is 1. The first-order valence-corrected chi connectivity index (χ1v) is 11.5. The van der Waals surface area contributed by atoms with Crippen molar-refractivity contribution in [1.29, 1.82) is 0 Å². The van der Waals surface area contributed by atoms with Gasteiger partial charge in [0.25, 0.3) is 0 Å².